The zero-order valence-electron chi connectivity index (χ0n) is 14.7. The van der Waals surface area contributed by atoms with Crippen LogP contribution in [-0.4, -0.2) is 28.1 Å². The van der Waals surface area contributed by atoms with Gasteiger partial charge >= 0.3 is 5.97 Å². The Bertz CT molecular complexity index is 882. The Labute approximate surface area is 170 Å². The van der Waals surface area contributed by atoms with E-state index in [0.717, 1.165) is 26.4 Å². The van der Waals surface area contributed by atoms with Crippen LogP contribution >= 0.6 is 27.7 Å². The molecule has 0 fully saturated rings. The highest BCUT2D eigenvalue weighted by atomic mass is 79.9. The first kappa shape index (κ1) is 19.4. The molecule has 8 heteroatoms. The predicted molar refractivity (Wildman–Crippen MR) is 107 cm³/mol. The van der Waals surface area contributed by atoms with Crippen LogP contribution < -0.4 is 4.74 Å². The number of carbonyl (C=O) groups is 1. The molecular formula is C19H18BrN3O3S. The molecule has 0 aliphatic carbocycles. The Morgan fingerprint density at radius 1 is 1.15 bits per heavy atom. The molecule has 3 aromatic rings. The van der Waals surface area contributed by atoms with Crippen molar-refractivity contribution in [2.24, 2.45) is 0 Å². The Balaban J connectivity index is 1.44. The zero-order valence-corrected chi connectivity index (χ0v) is 17.1. The summed E-state index contributed by atoms with van der Waals surface area (Å²) in [5, 5.41) is 8.09. The van der Waals surface area contributed by atoms with E-state index in [4.69, 9.17) is 9.47 Å². The molecule has 0 bridgehead atoms. The third kappa shape index (κ3) is 6.11. The van der Waals surface area contributed by atoms with E-state index in [2.05, 4.69) is 26.2 Å². The first-order chi connectivity index (χ1) is 13.1. The molecule has 1 heterocycles. The summed E-state index contributed by atoms with van der Waals surface area (Å²) in [5.41, 5.74) is 1.71. The van der Waals surface area contributed by atoms with Crippen molar-refractivity contribution in [2.75, 3.05) is 7.11 Å². The van der Waals surface area contributed by atoms with Gasteiger partial charge < -0.3 is 9.47 Å². The van der Waals surface area contributed by atoms with Gasteiger partial charge in [-0.25, -0.2) is 4.68 Å². The molecule has 0 aliphatic heterocycles. The maximum atomic E-state index is 12.0. The number of hydrogen-bond donors (Lipinski definition) is 0. The highest BCUT2D eigenvalue weighted by molar-refractivity contribution is 9.10. The number of esters is 1. The minimum atomic E-state index is -0.358. The Kier molecular flexibility index (Phi) is 6.89. The minimum Gasteiger partial charge on any atom is -0.497 e. The summed E-state index contributed by atoms with van der Waals surface area (Å²) in [4.78, 5) is 13.1. The number of carbonyl (C=O) groups excluding carboxylic acids is 1. The van der Waals surface area contributed by atoms with Crippen LogP contribution in [0.25, 0.3) is 0 Å². The number of ether oxygens (including phenoxy) is 2. The van der Waals surface area contributed by atoms with E-state index in [1.165, 1.54) is 4.68 Å². The zero-order chi connectivity index (χ0) is 19.1. The van der Waals surface area contributed by atoms with Gasteiger partial charge in [-0.1, -0.05) is 33.3 Å². The molecule has 27 heavy (non-hydrogen) atoms. The highest BCUT2D eigenvalue weighted by Crippen LogP contribution is 2.23. The molecule has 3 rings (SSSR count). The Hall–Kier alpha value is -2.32. The normalized spacial score (nSPS) is 10.6. The van der Waals surface area contributed by atoms with E-state index in [0.29, 0.717) is 5.75 Å². The monoisotopic (exact) mass is 447 g/mol. The van der Waals surface area contributed by atoms with Crippen molar-refractivity contribution in [3.63, 3.8) is 0 Å². The van der Waals surface area contributed by atoms with Gasteiger partial charge in [0, 0.05) is 21.3 Å². The maximum absolute atomic E-state index is 12.0. The quantitative estimate of drug-likeness (QED) is 0.382. The summed E-state index contributed by atoms with van der Waals surface area (Å²) >= 11 is 5.08. The van der Waals surface area contributed by atoms with E-state index >= 15 is 0 Å². The lowest BCUT2D eigenvalue weighted by atomic mass is 10.2. The van der Waals surface area contributed by atoms with Crippen LogP contribution in [0.1, 0.15) is 11.3 Å². The molecule has 0 spiro atoms. The molecule has 0 N–H and O–H groups in total. The third-order valence-corrected chi connectivity index (χ3v) is 5.21. The summed E-state index contributed by atoms with van der Waals surface area (Å²) in [6.07, 6.45) is 1.76. The second kappa shape index (κ2) is 9.57. The molecule has 0 unspecified atom stereocenters. The number of methoxy groups -OCH3 is 1. The van der Waals surface area contributed by atoms with Gasteiger partial charge in [0.1, 0.15) is 18.9 Å². The van der Waals surface area contributed by atoms with Crippen molar-refractivity contribution in [1.29, 1.82) is 0 Å². The highest BCUT2D eigenvalue weighted by Gasteiger charge is 2.08. The summed E-state index contributed by atoms with van der Waals surface area (Å²) in [5.74, 6) is 1.09. The van der Waals surface area contributed by atoms with Crippen molar-refractivity contribution >= 4 is 33.7 Å². The largest absolute Gasteiger partial charge is 0.497 e. The van der Waals surface area contributed by atoms with Crippen molar-refractivity contribution < 1.29 is 14.3 Å². The lowest BCUT2D eigenvalue weighted by Gasteiger charge is -2.05. The van der Waals surface area contributed by atoms with Crippen LogP contribution in [0, 0.1) is 0 Å². The number of nitrogens with zero attached hydrogens (tertiary/aromatic N) is 3. The van der Waals surface area contributed by atoms with Crippen LogP contribution in [-0.2, 0) is 28.4 Å². The van der Waals surface area contributed by atoms with Gasteiger partial charge in [-0.2, -0.15) is 0 Å². The lowest BCUT2D eigenvalue weighted by molar-refractivity contribution is -0.145. The van der Waals surface area contributed by atoms with Crippen LogP contribution in [0.4, 0.5) is 0 Å². The van der Waals surface area contributed by atoms with Crippen LogP contribution in [0.2, 0.25) is 0 Å². The smallest absolute Gasteiger partial charge is 0.328 e. The standard InChI is InChI=1S/C19H18BrN3O3S/c1-25-17-6-2-14(3-7-17)12-26-19(24)11-23-10-16(21-22-23)13-27-18-8-4-15(20)5-9-18/h2-10H,11-13H2,1H3. The van der Waals surface area contributed by atoms with Gasteiger partial charge in [-0.3, -0.25) is 4.79 Å². The summed E-state index contributed by atoms with van der Waals surface area (Å²) in [6, 6.07) is 15.4. The Morgan fingerprint density at radius 3 is 2.59 bits per heavy atom. The van der Waals surface area contributed by atoms with Crippen molar-refractivity contribution in [3.8, 4) is 5.75 Å². The first-order valence-corrected chi connectivity index (χ1v) is 9.96. The summed E-state index contributed by atoms with van der Waals surface area (Å²) < 4.78 is 12.9. The van der Waals surface area contributed by atoms with E-state index in [-0.39, 0.29) is 19.1 Å². The maximum Gasteiger partial charge on any atom is 0.328 e. The average molecular weight is 448 g/mol. The van der Waals surface area contributed by atoms with E-state index in [1.807, 2.05) is 48.5 Å². The van der Waals surface area contributed by atoms with Crippen molar-refractivity contribution in [1.82, 2.24) is 15.0 Å². The number of benzene rings is 2. The topological polar surface area (TPSA) is 66.2 Å². The summed E-state index contributed by atoms with van der Waals surface area (Å²) in [6.45, 7) is 0.246. The molecule has 0 atom stereocenters. The number of halogens is 1. The number of aromatic nitrogens is 3. The number of rotatable bonds is 8. The number of hydrogen-bond acceptors (Lipinski definition) is 6. The van der Waals surface area contributed by atoms with Gasteiger partial charge in [0.25, 0.3) is 0 Å². The van der Waals surface area contributed by atoms with E-state index < -0.39 is 0 Å². The molecular weight excluding hydrogens is 430 g/mol. The SMILES string of the molecule is COc1ccc(COC(=O)Cn2cc(CSc3ccc(Br)cc3)nn2)cc1. The fourth-order valence-corrected chi connectivity index (χ4v) is 3.27. The van der Waals surface area contributed by atoms with Gasteiger partial charge in [0.05, 0.1) is 12.8 Å². The fraction of sp³-hybridized carbons (Fsp3) is 0.211. The molecule has 0 radical (unpaired) electrons. The predicted octanol–water partition coefficient (Wildman–Crippen LogP) is 4.08. The molecule has 2 aromatic carbocycles. The molecule has 1 aromatic heterocycles. The second-order valence-electron chi connectivity index (χ2n) is 5.66. The molecule has 0 amide bonds. The third-order valence-electron chi connectivity index (χ3n) is 3.64. The van der Waals surface area contributed by atoms with E-state index in [1.54, 1.807) is 25.1 Å². The van der Waals surface area contributed by atoms with Gasteiger partial charge in [0.15, 0.2) is 0 Å². The minimum absolute atomic E-state index is 0.0338. The number of thioether (sulfide) groups is 1. The molecule has 0 saturated heterocycles. The molecule has 140 valence electrons. The molecule has 0 saturated carbocycles. The van der Waals surface area contributed by atoms with Crippen molar-refractivity contribution in [3.05, 3.63) is 70.5 Å². The lowest BCUT2D eigenvalue weighted by Crippen LogP contribution is -2.14. The second-order valence-corrected chi connectivity index (χ2v) is 7.62. The average Bonchev–Trinajstić information content (AvgIpc) is 3.13. The Morgan fingerprint density at radius 2 is 1.89 bits per heavy atom. The van der Waals surface area contributed by atoms with Gasteiger partial charge in [0.2, 0.25) is 0 Å². The fourth-order valence-electron chi connectivity index (χ4n) is 2.23. The molecule has 0 aliphatic rings. The van der Waals surface area contributed by atoms with Gasteiger partial charge in [-0.05, 0) is 42.0 Å². The summed E-state index contributed by atoms with van der Waals surface area (Å²) in [7, 11) is 1.61. The van der Waals surface area contributed by atoms with Crippen LogP contribution in [0.15, 0.2) is 64.1 Å². The van der Waals surface area contributed by atoms with Crippen LogP contribution in [0.5, 0.6) is 5.75 Å². The first-order valence-electron chi connectivity index (χ1n) is 8.18. The van der Waals surface area contributed by atoms with Crippen LogP contribution in [0.3, 0.4) is 0 Å². The van der Waals surface area contributed by atoms with Gasteiger partial charge in [-0.15, -0.1) is 16.9 Å². The van der Waals surface area contributed by atoms with Crippen molar-refractivity contribution in [2.45, 2.75) is 23.8 Å². The molecule has 6 nitrogen and oxygen atoms in total. The van der Waals surface area contributed by atoms with E-state index in [9.17, 15) is 4.79 Å².